The number of benzene rings is 2. The van der Waals surface area contributed by atoms with E-state index in [1.807, 2.05) is 31.2 Å². The number of nitrogens with one attached hydrogen (secondary N) is 2. The molecule has 0 radical (unpaired) electrons. The highest BCUT2D eigenvalue weighted by molar-refractivity contribution is 6.31. The van der Waals surface area contributed by atoms with Crippen LogP contribution >= 0.6 is 11.6 Å². The number of rotatable bonds is 6. The van der Waals surface area contributed by atoms with Crippen molar-refractivity contribution < 1.29 is 19.1 Å². The SMILES string of the molecule is COC(=O)CNC1Cc2cccc(OC)c2CC1NC(=O)c1cc(Cl)ccc1C. The summed E-state index contributed by atoms with van der Waals surface area (Å²) in [7, 11) is 2.99. The largest absolute Gasteiger partial charge is 0.496 e. The van der Waals surface area contributed by atoms with Crippen LogP contribution in [0.5, 0.6) is 5.75 Å². The molecule has 29 heavy (non-hydrogen) atoms. The van der Waals surface area contributed by atoms with E-state index < -0.39 is 0 Å². The molecular weight excluding hydrogens is 392 g/mol. The summed E-state index contributed by atoms with van der Waals surface area (Å²) >= 11 is 6.08. The summed E-state index contributed by atoms with van der Waals surface area (Å²) in [6.07, 6.45) is 1.24. The molecule has 2 atom stereocenters. The van der Waals surface area contributed by atoms with Gasteiger partial charge in [0.25, 0.3) is 5.91 Å². The van der Waals surface area contributed by atoms with Gasteiger partial charge in [-0.15, -0.1) is 0 Å². The zero-order valence-corrected chi connectivity index (χ0v) is 17.5. The van der Waals surface area contributed by atoms with E-state index >= 15 is 0 Å². The summed E-state index contributed by atoms with van der Waals surface area (Å²) < 4.78 is 10.2. The molecule has 1 aliphatic carbocycles. The van der Waals surface area contributed by atoms with E-state index in [1.54, 1.807) is 19.2 Å². The second-order valence-electron chi connectivity index (χ2n) is 7.11. The number of aryl methyl sites for hydroxylation is 1. The first-order valence-electron chi connectivity index (χ1n) is 9.45. The summed E-state index contributed by atoms with van der Waals surface area (Å²) in [6, 6.07) is 10.8. The van der Waals surface area contributed by atoms with E-state index in [0.717, 1.165) is 22.4 Å². The molecule has 0 aliphatic heterocycles. The number of carbonyl (C=O) groups is 2. The molecule has 154 valence electrons. The lowest BCUT2D eigenvalue weighted by Gasteiger charge is -2.35. The Kier molecular flexibility index (Phi) is 6.77. The first-order chi connectivity index (χ1) is 13.9. The maximum absolute atomic E-state index is 13.0. The topological polar surface area (TPSA) is 76.7 Å². The highest BCUT2D eigenvalue weighted by Crippen LogP contribution is 2.30. The van der Waals surface area contributed by atoms with Crippen LogP contribution in [0.15, 0.2) is 36.4 Å². The third-order valence-corrected chi connectivity index (χ3v) is 5.53. The van der Waals surface area contributed by atoms with Crippen molar-refractivity contribution in [3.63, 3.8) is 0 Å². The molecule has 7 heteroatoms. The van der Waals surface area contributed by atoms with E-state index in [1.165, 1.54) is 7.11 Å². The van der Waals surface area contributed by atoms with Crippen LogP contribution in [0, 0.1) is 6.92 Å². The first kappa shape index (κ1) is 21.1. The molecule has 0 spiro atoms. The quantitative estimate of drug-likeness (QED) is 0.708. The molecule has 6 nitrogen and oxygen atoms in total. The molecular formula is C22H25ClN2O4. The number of fused-ring (bicyclic) bond motifs is 1. The van der Waals surface area contributed by atoms with Crippen molar-refractivity contribution in [2.75, 3.05) is 20.8 Å². The van der Waals surface area contributed by atoms with Crippen LogP contribution in [-0.4, -0.2) is 44.7 Å². The lowest BCUT2D eigenvalue weighted by Crippen LogP contribution is -2.55. The monoisotopic (exact) mass is 416 g/mol. The zero-order valence-electron chi connectivity index (χ0n) is 16.8. The molecule has 0 aromatic heterocycles. The van der Waals surface area contributed by atoms with Crippen molar-refractivity contribution in [1.29, 1.82) is 0 Å². The smallest absolute Gasteiger partial charge is 0.319 e. The van der Waals surface area contributed by atoms with E-state index in [4.69, 9.17) is 21.1 Å². The minimum Gasteiger partial charge on any atom is -0.496 e. The van der Waals surface area contributed by atoms with Crippen LogP contribution in [0.2, 0.25) is 5.02 Å². The van der Waals surface area contributed by atoms with Crippen LogP contribution in [0.3, 0.4) is 0 Å². The number of esters is 1. The average molecular weight is 417 g/mol. The second-order valence-corrected chi connectivity index (χ2v) is 7.55. The number of methoxy groups -OCH3 is 2. The van der Waals surface area contributed by atoms with Gasteiger partial charge in [-0.2, -0.15) is 0 Å². The second kappa shape index (κ2) is 9.29. The highest BCUT2D eigenvalue weighted by Gasteiger charge is 2.32. The molecule has 1 amide bonds. The van der Waals surface area contributed by atoms with E-state index in [0.29, 0.717) is 23.4 Å². The molecule has 0 saturated carbocycles. The number of halogens is 1. The van der Waals surface area contributed by atoms with Crippen LogP contribution in [0.4, 0.5) is 0 Å². The Labute approximate surface area is 175 Å². The fourth-order valence-corrected chi connectivity index (χ4v) is 3.88. The van der Waals surface area contributed by atoms with Crippen molar-refractivity contribution in [2.45, 2.75) is 31.8 Å². The minimum atomic E-state index is -0.350. The van der Waals surface area contributed by atoms with Crippen LogP contribution in [-0.2, 0) is 22.4 Å². The average Bonchev–Trinajstić information content (AvgIpc) is 2.73. The zero-order chi connectivity index (χ0) is 21.0. The summed E-state index contributed by atoms with van der Waals surface area (Å²) in [5.74, 6) is 0.252. The van der Waals surface area contributed by atoms with Gasteiger partial charge in [-0.1, -0.05) is 29.8 Å². The number of amides is 1. The van der Waals surface area contributed by atoms with Crippen molar-refractivity contribution in [3.8, 4) is 5.75 Å². The van der Waals surface area contributed by atoms with Crippen molar-refractivity contribution >= 4 is 23.5 Å². The van der Waals surface area contributed by atoms with E-state index in [9.17, 15) is 9.59 Å². The minimum absolute atomic E-state index is 0.0725. The van der Waals surface area contributed by atoms with Gasteiger partial charge in [0.15, 0.2) is 0 Å². The fourth-order valence-electron chi connectivity index (χ4n) is 3.70. The first-order valence-corrected chi connectivity index (χ1v) is 9.82. The van der Waals surface area contributed by atoms with Crippen LogP contribution in [0.1, 0.15) is 27.0 Å². The van der Waals surface area contributed by atoms with Gasteiger partial charge in [-0.25, -0.2) is 0 Å². The predicted octanol–water partition coefficient (Wildman–Crippen LogP) is 2.69. The summed E-state index contributed by atoms with van der Waals surface area (Å²) in [5, 5.41) is 6.86. The molecule has 3 rings (SSSR count). The third-order valence-electron chi connectivity index (χ3n) is 5.30. The van der Waals surface area contributed by atoms with Crippen molar-refractivity contribution in [3.05, 3.63) is 63.7 Å². The van der Waals surface area contributed by atoms with Gasteiger partial charge >= 0.3 is 5.97 Å². The Balaban J connectivity index is 1.86. The lowest BCUT2D eigenvalue weighted by atomic mass is 9.83. The number of hydrogen-bond donors (Lipinski definition) is 2. The molecule has 2 N–H and O–H groups in total. The van der Waals surface area contributed by atoms with Gasteiger partial charge in [0, 0.05) is 22.7 Å². The molecule has 1 aliphatic rings. The number of hydrogen-bond acceptors (Lipinski definition) is 5. The molecule has 0 fully saturated rings. The molecule has 2 unspecified atom stereocenters. The van der Waals surface area contributed by atoms with Crippen molar-refractivity contribution in [2.24, 2.45) is 0 Å². The summed E-state index contributed by atoms with van der Waals surface area (Å²) in [5.41, 5.74) is 3.59. The van der Waals surface area contributed by atoms with Gasteiger partial charge in [0.05, 0.1) is 20.8 Å². The highest BCUT2D eigenvalue weighted by atomic mass is 35.5. The maximum atomic E-state index is 13.0. The summed E-state index contributed by atoms with van der Waals surface area (Å²) in [6.45, 7) is 1.94. The van der Waals surface area contributed by atoms with Crippen LogP contribution < -0.4 is 15.4 Å². The molecule has 0 heterocycles. The number of ether oxygens (including phenoxy) is 2. The molecule has 2 aromatic carbocycles. The maximum Gasteiger partial charge on any atom is 0.319 e. The predicted molar refractivity (Wildman–Crippen MR) is 112 cm³/mol. The van der Waals surface area contributed by atoms with E-state index in [2.05, 4.69) is 10.6 Å². The van der Waals surface area contributed by atoms with Gasteiger partial charge in [-0.05, 0) is 54.7 Å². The normalized spacial score (nSPS) is 17.9. The Morgan fingerprint density at radius 2 is 1.93 bits per heavy atom. The standard InChI is InChI=1S/C22H25ClN2O4/c1-13-7-8-15(23)10-16(13)22(27)25-19-11-17-14(5-4-6-20(17)28-2)9-18(19)24-12-21(26)29-3/h4-8,10,18-19,24H,9,11-12H2,1-3H3,(H,25,27). The molecule has 0 bridgehead atoms. The Morgan fingerprint density at radius 3 is 2.66 bits per heavy atom. The Bertz CT molecular complexity index is 916. The van der Waals surface area contributed by atoms with Crippen molar-refractivity contribution in [1.82, 2.24) is 10.6 Å². The third kappa shape index (κ3) is 4.89. The Morgan fingerprint density at radius 1 is 1.14 bits per heavy atom. The Hall–Kier alpha value is -2.57. The van der Waals surface area contributed by atoms with Gasteiger partial charge < -0.3 is 20.1 Å². The van der Waals surface area contributed by atoms with Crippen LogP contribution in [0.25, 0.3) is 0 Å². The molecule has 0 saturated heterocycles. The number of carbonyl (C=O) groups excluding carboxylic acids is 2. The lowest BCUT2D eigenvalue weighted by molar-refractivity contribution is -0.139. The van der Waals surface area contributed by atoms with Gasteiger partial charge in [-0.3, -0.25) is 9.59 Å². The molecule has 2 aromatic rings. The van der Waals surface area contributed by atoms with Gasteiger partial charge in [0.1, 0.15) is 5.75 Å². The summed E-state index contributed by atoms with van der Waals surface area (Å²) in [4.78, 5) is 24.6. The fraction of sp³-hybridized carbons (Fsp3) is 0.364. The van der Waals surface area contributed by atoms with Gasteiger partial charge in [0.2, 0.25) is 0 Å². The van der Waals surface area contributed by atoms with E-state index in [-0.39, 0.29) is 30.5 Å².